The van der Waals surface area contributed by atoms with Gasteiger partial charge in [0.25, 0.3) is 0 Å². The number of ether oxygens (including phenoxy) is 3. The molecule has 0 spiro atoms. The Balaban J connectivity index is 4.38. The van der Waals surface area contributed by atoms with Crippen molar-refractivity contribution >= 4 is 17.9 Å². The highest BCUT2D eigenvalue weighted by molar-refractivity contribution is 5.70. The minimum atomic E-state index is -1.12. The molecule has 0 N–H and O–H groups in total. The van der Waals surface area contributed by atoms with Crippen LogP contribution in [0.3, 0.4) is 0 Å². The van der Waals surface area contributed by atoms with E-state index in [1.807, 2.05) is 0 Å². The maximum Gasteiger partial charge on any atom is 0.306 e. The number of aliphatic carboxylic acids is 1. The van der Waals surface area contributed by atoms with Crippen LogP contribution in [0.25, 0.3) is 0 Å². The molecule has 0 bridgehead atoms. The Morgan fingerprint density at radius 1 is 0.553 bits per heavy atom. The molecule has 0 aliphatic rings. The molecule has 8 nitrogen and oxygen atoms in total. The largest absolute Gasteiger partial charge is 0.544 e. The molecule has 0 aromatic heterocycles. The lowest BCUT2D eigenvalue weighted by Crippen LogP contribution is -2.55. The van der Waals surface area contributed by atoms with Crippen molar-refractivity contribution in [2.45, 2.75) is 193 Å². The molecule has 0 saturated heterocycles. The van der Waals surface area contributed by atoms with Crippen LogP contribution >= 0.6 is 0 Å². The topological polar surface area (TPSA) is 102 Å². The maximum atomic E-state index is 12.6. The van der Waals surface area contributed by atoms with Crippen LogP contribution in [0, 0.1) is 0 Å². The van der Waals surface area contributed by atoms with Crippen molar-refractivity contribution in [2.75, 3.05) is 41.0 Å². The minimum absolute atomic E-state index is 0.0484. The van der Waals surface area contributed by atoms with E-state index in [4.69, 9.17) is 14.2 Å². The second-order valence-electron chi connectivity index (χ2n) is 14.5. The number of carbonyl (C=O) groups is 3. The average Bonchev–Trinajstić information content (AvgIpc) is 3.01. The monoisotopic (exact) mass is 670 g/mol. The van der Waals surface area contributed by atoms with Crippen LogP contribution in [-0.4, -0.2) is 75.5 Å². The zero-order valence-corrected chi connectivity index (χ0v) is 31.5. The molecule has 0 radical (unpaired) electrons. The van der Waals surface area contributed by atoms with Gasteiger partial charge in [-0.05, 0) is 12.8 Å². The van der Waals surface area contributed by atoms with Crippen molar-refractivity contribution in [3.05, 3.63) is 0 Å². The number of rotatable bonds is 35. The molecule has 2 unspecified atom stereocenters. The number of quaternary nitrogens is 1. The van der Waals surface area contributed by atoms with Gasteiger partial charge in [0.2, 0.25) is 0 Å². The summed E-state index contributed by atoms with van der Waals surface area (Å²) in [6.07, 6.45) is 28.3. The number of nitrogens with zero attached hydrogens (tertiary/aromatic N) is 1. The van der Waals surface area contributed by atoms with Crippen molar-refractivity contribution in [3.63, 3.8) is 0 Å². The summed E-state index contributed by atoms with van der Waals surface area (Å²) in [4.78, 5) is 36.6. The zero-order chi connectivity index (χ0) is 35.0. The Morgan fingerprint density at radius 2 is 0.936 bits per heavy atom. The third kappa shape index (κ3) is 30.1. The van der Waals surface area contributed by atoms with E-state index in [9.17, 15) is 19.5 Å². The first-order valence-corrected chi connectivity index (χ1v) is 19.6. The van der Waals surface area contributed by atoms with Crippen molar-refractivity contribution in [3.8, 4) is 0 Å². The van der Waals surface area contributed by atoms with Crippen LogP contribution in [0.5, 0.6) is 0 Å². The van der Waals surface area contributed by atoms with Crippen LogP contribution < -0.4 is 5.11 Å². The van der Waals surface area contributed by atoms with Gasteiger partial charge in [0, 0.05) is 19.3 Å². The lowest BCUT2D eigenvalue weighted by Gasteiger charge is -2.34. The molecular formula is C39H75NO7. The fourth-order valence-electron chi connectivity index (χ4n) is 5.89. The van der Waals surface area contributed by atoms with Gasteiger partial charge in [-0.15, -0.1) is 0 Å². The van der Waals surface area contributed by atoms with E-state index in [0.717, 1.165) is 38.5 Å². The number of carbonyl (C=O) groups excluding carboxylic acids is 3. The molecule has 0 aromatic rings. The number of hydrogen-bond acceptors (Lipinski definition) is 7. The van der Waals surface area contributed by atoms with Crippen molar-refractivity contribution in [1.29, 1.82) is 0 Å². The Morgan fingerprint density at radius 3 is 1.32 bits per heavy atom. The van der Waals surface area contributed by atoms with E-state index >= 15 is 0 Å². The summed E-state index contributed by atoms with van der Waals surface area (Å²) in [5.74, 6) is -1.72. The lowest BCUT2D eigenvalue weighted by molar-refractivity contribution is -0.889. The fourth-order valence-corrected chi connectivity index (χ4v) is 5.89. The van der Waals surface area contributed by atoms with Crippen LogP contribution in [0.2, 0.25) is 0 Å². The van der Waals surface area contributed by atoms with Gasteiger partial charge in [0.05, 0.1) is 40.3 Å². The van der Waals surface area contributed by atoms with Crippen LogP contribution in [-0.2, 0) is 28.6 Å². The highest BCUT2D eigenvalue weighted by atomic mass is 16.6. The van der Waals surface area contributed by atoms with E-state index in [1.54, 1.807) is 21.1 Å². The average molecular weight is 670 g/mol. The molecule has 0 amide bonds. The van der Waals surface area contributed by atoms with E-state index < -0.39 is 18.1 Å². The van der Waals surface area contributed by atoms with Crippen molar-refractivity contribution in [2.24, 2.45) is 0 Å². The van der Waals surface area contributed by atoms with Gasteiger partial charge >= 0.3 is 11.9 Å². The molecule has 0 saturated carbocycles. The third-order valence-electron chi connectivity index (χ3n) is 8.99. The second-order valence-corrected chi connectivity index (χ2v) is 14.5. The predicted molar refractivity (Wildman–Crippen MR) is 190 cm³/mol. The summed E-state index contributed by atoms with van der Waals surface area (Å²) in [5.41, 5.74) is 0. The first-order valence-electron chi connectivity index (χ1n) is 19.6. The van der Waals surface area contributed by atoms with Gasteiger partial charge in [-0.2, -0.15) is 0 Å². The number of hydrogen-bond donors (Lipinski definition) is 0. The smallest absolute Gasteiger partial charge is 0.306 e. The van der Waals surface area contributed by atoms with Gasteiger partial charge in [-0.1, -0.05) is 149 Å². The molecule has 278 valence electrons. The van der Waals surface area contributed by atoms with Crippen LogP contribution in [0.4, 0.5) is 0 Å². The molecule has 0 heterocycles. The molecule has 2 atom stereocenters. The summed E-state index contributed by atoms with van der Waals surface area (Å²) >= 11 is 0. The van der Waals surface area contributed by atoms with E-state index in [2.05, 4.69) is 13.8 Å². The lowest BCUT2D eigenvalue weighted by atomic mass is 10.0. The molecule has 8 heteroatoms. The Hall–Kier alpha value is -1.67. The normalized spacial score (nSPS) is 13.0. The number of esters is 2. The number of likely N-dealkylation sites (N-methyl/N-ethyl adjacent to an activating group) is 1. The molecule has 0 rings (SSSR count). The van der Waals surface area contributed by atoms with Gasteiger partial charge in [0.15, 0.2) is 6.10 Å². The Labute approximate surface area is 289 Å². The van der Waals surface area contributed by atoms with Crippen molar-refractivity contribution < 1.29 is 38.2 Å². The molecule has 0 aliphatic heterocycles. The van der Waals surface area contributed by atoms with Crippen LogP contribution in [0.15, 0.2) is 0 Å². The molecule has 47 heavy (non-hydrogen) atoms. The second kappa shape index (κ2) is 31.6. The summed E-state index contributed by atoms with van der Waals surface area (Å²) in [5, 5.41) is 11.6. The number of carboxylic acid groups (broad SMARTS) is 1. The van der Waals surface area contributed by atoms with E-state index in [1.165, 1.54) is 109 Å². The van der Waals surface area contributed by atoms with Gasteiger partial charge in [-0.25, -0.2) is 0 Å². The molecule has 0 aromatic carbocycles. The quantitative estimate of drug-likeness (QED) is 0.0379. The fraction of sp³-hybridized carbons (Fsp3) is 0.923. The maximum absolute atomic E-state index is 12.6. The molecular weight excluding hydrogens is 594 g/mol. The molecule has 0 aliphatic carbocycles. The van der Waals surface area contributed by atoms with E-state index in [0.29, 0.717) is 12.8 Å². The van der Waals surface area contributed by atoms with E-state index in [-0.39, 0.29) is 42.7 Å². The standard InChI is InChI=1S/C39H75NO7/c1-6-8-10-12-14-16-18-19-20-22-24-26-28-30-38(42)47-35(33-45-32-31-36(39(43)44)40(3,4)5)34-46-37(41)29-27-25-23-21-17-15-13-11-9-7-2/h35-36H,6-34H2,1-5H3. The summed E-state index contributed by atoms with van der Waals surface area (Å²) in [6.45, 7) is 4.65. The zero-order valence-electron chi connectivity index (χ0n) is 31.5. The van der Waals surface area contributed by atoms with Gasteiger partial charge in [0.1, 0.15) is 12.6 Å². The highest BCUT2D eigenvalue weighted by Crippen LogP contribution is 2.15. The van der Waals surface area contributed by atoms with Crippen molar-refractivity contribution in [1.82, 2.24) is 0 Å². The third-order valence-corrected chi connectivity index (χ3v) is 8.99. The Kier molecular flexibility index (Phi) is 30.5. The predicted octanol–water partition coefficient (Wildman–Crippen LogP) is 8.47. The summed E-state index contributed by atoms with van der Waals surface area (Å²) in [6, 6.07) is -0.717. The number of unbranched alkanes of at least 4 members (excludes halogenated alkanes) is 21. The number of carboxylic acids is 1. The van der Waals surface area contributed by atoms with Gasteiger partial charge in [-0.3, -0.25) is 9.59 Å². The summed E-state index contributed by atoms with van der Waals surface area (Å²) < 4.78 is 17.1. The highest BCUT2D eigenvalue weighted by Gasteiger charge is 2.25. The van der Waals surface area contributed by atoms with Gasteiger partial charge < -0.3 is 28.6 Å². The summed E-state index contributed by atoms with van der Waals surface area (Å²) in [7, 11) is 5.40. The minimum Gasteiger partial charge on any atom is -0.544 e. The first-order chi connectivity index (χ1) is 22.6. The first kappa shape index (κ1) is 45.3. The van der Waals surface area contributed by atoms with Crippen LogP contribution in [0.1, 0.15) is 181 Å². The Bertz CT molecular complexity index is 752. The molecule has 0 fully saturated rings. The SMILES string of the molecule is CCCCCCCCCCCCCCCC(=O)OC(COCCC(C(=O)[O-])[N+](C)(C)C)COC(=O)CCCCCCCCCCCC.